The average Bonchev–Trinajstić information content (AvgIpc) is 2.38. The molecule has 0 atom stereocenters. The summed E-state index contributed by atoms with van der Waals surface area (Å²) >= 11 is 0. The fourth-order valence-corrected chi connectivity index (χ4v) is 2.03. The lowest BCUT2D eigenvalue weighted by molar-refractivity contribution is 0.0598. The second-order valence-electron chi connectivity index (χ2n) is 4.46. The number of hydrogen-bond donors (Lipinski definition) is 0. The first kappa shape index (κ1) is 14.5. The SMILES string of the molecule is CCC(CC)Cn1c(C)c(C(=O)OC)ccc1=O. The highest BCUT2D eigenvalue weighted by atomic mass is 16.5. The quantitative estimate of drug-likeness (QED) is 0.755. The zero-order valence-electron chi connectivity index (χ0n) is 11.5. The summed E-state index contributed by atoms with van der Waals surface area (Å²) in [4.78, 5) is 23.5. The first-order valence-corrected chi connectivity index (χ1v) is 6.33. The highest BCUT2D eigenvalue weighted by molar-refractivity contribution is 5.90. The molecule has 0 spiro atoms. The molecule has 0 bridgehead atoms. The van der Waals surface area contributed by atoms with Gasteiger partial charge in [0.15, 0.2) is 0 Å². The number of ether oxygens (including phenoxy) is 1. The molecule has 0 aromatic carbocycles. The lowest BCUT2D eigenvalue weighted by Gasteiger charge is -2.18. The summed E-state index contributed by atoms with van der Waals surface area (Å²) < 4.78 is 6.39. The maximum absolute atomic E-state index is 11.9. The summed E-state index contributed by atoms with van der Waals surface area (Å²) in [5, 5.41) is 0. The maximum atomic E-state index is 11.9. The van der Waals surface area contributed by atoms with Crippen LogP contribution in [0.3, 0.4) is 0 Å². The van der Waals surface area contributed by atoms with Gasteiger partial charge in [0.25, 0.3) is 5.56 Å². The lowest BCUT2D eigenvalue weighted by atomic mass is 10.0. The van der Waals surface area contributed by atoms with E-state index in [1.54, 1.807) is 11.5 Å². The van der Waals surface area contributed by atoms with Crippen LogP contribution in [0.5, 0.6) is 0 Å². The molecule has 1 aromatic heterocycles. The van der Waals surface area contributed by atoms with Crippen molar-refractivity contribution in [1.29, 1.82) is 0 Å². The van der Waals surface area contributed by atoms with Crippen LogP contribution < -0.4 is 5.56 Å². The molecule has 0 amide bonds. The van der Waals surface area contributed by atoms with E-state index in [4.69, 9.17) is 4.74 Å². The van der Waals surface area contributed by atoms with E-state index in [2.05, 4.69) is 13.8 Å². The molecule has 0 saturated heterocycles. The van der Waals surface area contributed by atoms with Crippen molar-refractivity contribution >= 4 is 5.97 Å². The third-order valence-corrected chi connectivity index (χ3v) is 3.45. The first-order chi connectivity index (χ1) is 8.54. The summed E-state index contributed by atoms with van der Waals surface area (Å²) in [7, 11) is 1.35. The fourth-order valence-electron chi connectivity index (χ4n) is 2.03. The summed E-state index contributed by atoms with van der Waals surface area (Å²) in [5.74, 6) is 0.0556. The lowest BCUT2D eigenvalue weighted by Crippen LogP contribution is -2.27. The number of carbonyl (C=O) groups excluding carboxylic acids is 1. The minimum Gasteiger partial charge on any atom is -0.465 e. The third kappa shape index (κ3) is 3.00. The number of carbonyl (C=O) groups is 1. The molecule has 0 N–H and O–H groups in total. The van der Waals surface area contributed by atoms with Crippen LogP contribution in [-0.2, 0) is 11.3 Å². The Morgan fingerprint density at radius 3 is 2.44 bits per heavy atom. The standard InChI is InChI=1S/C14H21NO3/c1-5-11(6-2)9-15-10(3)12(14(17)18-4)7-8-13(15)16/h7-8,11H,5-6,9H2,1-4H3. The molecule has 100 valence electrons. The number of methoxy groups -OCH3 is 1. The van der Waals surface area contributed by atoms with Crippen molar-refractivity contribution in [1.82, 2.24) is 4.57 Å². The molecule has 18 heavy (non-hydrogen) atoms. The zero-order chi connectivity index (χ0) is 13.7. The van der Waals surface area contributed by atoms with Crippen LogP contribution in [0, 0.1) is 12.8 Å². The summed E-state index contributed by atoms with van der Waals surface area (Å²) in [6, 6.07) is 2.97. The van der Waals surface area contributed by atoms with Crippen LogP contribution in [-0.4, -0.2) is 17.6 Å². The molecule has 0 aliphatic rings. The summed E-state index contributed by atoms with van der Waals surface area (Å²) in [6.45, 7) is 6.66. The Morgan fingerprint density at radius 2 is 1.94 bits per heavy atom. The number of esters is 1. The van der Waals surface area contributed by atoms with E-state index in [-0.39, 0.29) is 5.56 Å². The Kier molecular flexibility index (Phi) is 5.13. The molecule has 0 radical (unpaired) electrons. The van der Waals surface area contributed by atoms with Gasteiger partial charge in [-0.25, -0.2) is 4.79 Å². The molecule has 0 fully saturated rings. The van der Waals surface area contributed by atoms with E-state index in [9.17, 15) is 9.59 Å². The molecule has 1 heterocycles. The highest BCUT2D eigenvalue weighted by Crippen LogP contribution is 2.13. The second-order valence-corrected chi connectivity index (χ2v) is 4.46. The van der Waals surface area contributed by atoms with Gasteiger partial charge in [0.1, 0.15) is 0 Å². The van der Waals surface area contributed by atoms with Gasteiger partial charge in [0, 0.05) is 18.3 Å². The number of nitrogens with zero attached hydrogens (tertiary/aromatic N) is 1. The molecule has 1 aromatic rings. The third-order valence-electron chi connectivity index (χ3n) is 3.45. The molecular weight excluding hydrogens is 230 g/mol. The van der Waals surface area contributed by atoms with Gasteiger partial charge in [-0.05, 0) is 18.9 Å². The van der Waals surface area contributed by atoms with Crippen molar-refractivity contribution in [2.45, 2.75) is 40.2 Å². The Morgan fingerprint density at radius 1 is 1.33 bits per heavy atom. The Bertz CT molecular complexity index is 472. The predicted octanol–water partition coefficient (Wildman–Crippen LogP) is 2.38. The Labute approximate surface area is 108 Å². The van der Waals surface area contributed by atoms with Gasteiger partial charge in [-0.15, -0.1) is 0 Å². The molecule has 0 aliphatic heterocycles. The van der Waals surface area contributed by atoms with Gasteiger partial charge in [-0.1, -0.05) is 26.7 Å². The van der Waals surface area contributed by atoms with Crippen molar-refractivity contribution in [3.8, 4) is 0 Å². The topological polar surface area (TPSA) is 48.3 Å². The van der Waals surface area contributed by atoms with Crippen LogP contribution in [0.4, 0.5) is 0 Å². The predicted molar refractivity (Wildman–Crippen MR) is 70.9 cm³/mol. The molecule has 0 saturated carbocycles. The number of rotatable bonds is 5. The molecule has 0 unspecified atom stereocenters. The van der Waals surface area contributed by atoms with Crippen LogP contribution >= 0.6 is 0 Å². The summed E-state index contributed by atoms with van der Waals surface area (Å²) in [5.41, 5.74) is 1.08. The molecule has 4 heteroatoms. The number of pyridine rings is 1. The van der Waals surface area contributed by atoms with E-state index in [0.29, 0.717) is 23.7 Å². The number of hydrogen-bond acceptors (Lipinski definition) is 3. The smallest absolute Gasteiger partial charge is 0.339 e. The monoisotopic (exact) mass is 251 g/mol. The first-order valence-electron chi connectivity index (χ1n) is 6.33. The van der Waals surface area contributed by atoms with Crippen molar-refractivity contribution in [2.24, 2.45) is 5.92 Å². The van der Waals surface area contributed by atoms with Crippen LogP contribution in [0.2, 0.25) is 0 Å². The highest BCUT2D eigenvalue weighted by Gasteiger charge is 2.15. The van der Waals surface area contributed by atoms with Gasteiger partial charge in [0.2, 0.25) is 0 Å². The van der Waals surface area contributed by atoms with Gasteiger partial charge >= 0.3 is 5.97 Å². The number of aromatic nitrogens is 1. The van der Waals surface area contributed by atoms with Crippen molar-refractivity contribution < 1.29 is 9.53 Å². The minimum atomic E-state index is -0.397. The maximum Gasteiger partial charge on any atom is 0.339 e. The van der Waals surface area contributed by atoms with E-state index >= 15 is 0 Å². The van der Waals surface area contributed by atoms with Gasteiger partial charge < -0.3 is 9.30 Å². The van der Waals surface area contributed by atoms with E-state index in [0.717, 1.165) is 12.8 Å². The molecule has 0 aliphatic carbocycles. The van der Waals surface area contributed by atoms with Crippen molar-refractivity contribution in [3.05, 3.63) is 33.7 Å². The fraction of sp³-hybridized carbons (Fsp3) is 0.571. The average molecular weight is 251 g/mol. The van der Waals surface area contributed by atoms with Crippen LogP contribution in [0.25, 0.3) is 0 Å². The zero-order valence-corrected chi connectivity index (χ0v) is 11.5. The van der Waals surface area contributed by atoms with Crippen molar-refractivity contribution in [3.63, 3.8) is 0 Å². The minimum absolute atomic E-state index is 0.0629. The molecular formula is C14H21NO3. The normalized spacial score (nSPS) is 10.7. The van der Waals surface area contributed by atoms with Crippen LogP contribution in [0.1, 0.15) is 42.7 Å². The second kappa shape index (κ2) is 6.38. The Hall–Kier alpha value is -1.58. The molecule has 4 nitrogen and oxygen atoms in total. The van der Waals surface area contributed by atoms with E-state index in [1.165, 1.54) is 19.2 Å². The molecule has 1 rings (SSSR count). The summed E-state index contributed by atoms with van der Waals surface area (Å²) in [6.07, 6.45) is 2.04. The van der Waals surface area contributed by atoms with Crippen molar-refractivity contribution in [2.75, 3.05) is 7.11 Å². The van der Waals surface area contributed by atoms with E-state index in [1.807, 2.05) is 0 Å². The van der Waals surface area contributed by atoms with Gasteiger partial charge in [-0.3, -0.25) is 4.79 Å². The van der Waals surface area contributed by atoms with E-state index < -0.39 is 5.97 Å². The van der Waals surface area contributed by atoms with Crippen LogP contribution in [0.15, 0.2) is 16.9 Å². The van der Waals surface area contributed by atoms with Gasteiger partial charge in [-0.2, -0.15) is 0 Å². The van der Waals surface area contributed by atoms with Gasteiger partial charge in [0.05, 0.1) is 12.7 Å². The largest absolute Gasteiger partial charge is 0.465 e. The Balaban J connectivity index is 3.18.